The summed E-state index contributed by atoms with van der Waals surface area (Å²) in [6.45, 7) is 5.03. The molecule has 0 aliphatic carbocycles. The largest absolute Gasteiger partial charge is 0.329 e. The van der Waals surface area contributed by atoms with E-state index < -0.39 is 0 Å². The zero-order chi connectivity index (χ0) is 6.41. The number of hydrogen-bond donors (Lipinski definition) is 1. The highest BCUT2D eigenvalue weighted by Crippen LogP contribution is 1.96. The van der Waals surface area contributed by atoms with Crippen LogP contribution in [0.2, 0.25) is 0 Å². The lowest BCUT2D eigenvalue weighted by atomic mass is 10.5. The normalized spacial score (nSPS) is 10.5. The Hall–Kier alpha value is 0.350. The molecule has 0 saturated heterocycles. The molecule has 0 aliphatic heterocycles. The zero-order valence-electron chi connectivity index (χ0n) is 5.43. The molecule has 0 aliphatic rings. The summed E-state index contributed by atoms with van der Waals surface area (Å²) in [5.41, 5.74) is 5.30. The molecule has 0 spiro atoms. The SMILES string of the molecule is CCCN(P)CCN. The number of nitrogens with two attached hydrogens (primary N) is 1. The van der Waals surface area contributed by atoms with Crippen LogP contribution < -0.4 is 5.73 Å². The monoisotopic (exact) mass is 134 g/mol. The third kappa shape index (κ3) is 4.51. The van der Waals surface area contributed by atoms with Crippen LogP contribution in [0, 0.1) is 0 Å². The van der Waals surface area contributed by atoms with E-state index in [4.69, 9.17) is 5.73 Å². The summed E-state index contributed by atoms with van der Waals surface area (Å²) < 4.78 is 2.15. The molecule has 0 bridgehead atoms. The minimum atomic E-state index is 0.753. The van der Waals surface area contributed by atoms with Crippen LogP contribution in [-0.4, -0.2) is 24.3 Å². The van der Waals surface area contributed by atoms with Crippen molar-refractivity contribution in [1.82, 2.24) is 4.67 Å². The van der Waals surface area contributed by atoms with Crippen molar-refractivity contribution in [3.05, 3.63) is 0 Å². The maximum atomic E-state index is 5.30. The average Bonchev–Trinajstić information content (AvgIpc) is 1.68. The Morgan fingerprint density at radius 3 is 2.50 bits per heavy atom. The summed E-state index contributed by atoms with van der Waals surface area (Å²) >= 11 is 0. The highest BCUT2D eigenvalue weighted by molar-refractivity contribution is 7.13. The van der Waals surface area contributed by atoms with Crippen molar-refractivity contribution in [2.24, 2.45) is 5.73 Å². The summed E-state index contributed by atoms with van der Waals surface area (Å²) in [5.74, 6) is 0. The standard InChI is InChI=1S/C5H15N2P/c1-2-4-7(8)5-3-6/h2-6,8H2,1H3. The Balaban J connectivity index is 2.92. The first-order chi connectivity index (χ1) is 3.81. The third-order valence-corrected chi connectivity index (χ3v) is 1.44. The van der Waals surface area contributed by atoms with Crippen LogP contribution in [0.1, 0.15) is 13.3 Å². The van der Waals surface area contributed by atoms with Gasteiger partial charge in [-0.1, -0.05) is 16.3 Å². The van der Waals surface area contributed by atoms with E-state index in [2.05, 4.69) is 21.0 Å². The molecule has 0 rings (SSSR count). The van der Waals surface area contributed by atoms with Gasteiger partial charge in [0.15, 0.2) is 0 Å². The van der Waals surface area contributed by atoms with E-state index in [9.17, 15) is 0 Å². The summed E-state index contributed by atoms with van der Waals surface area (Å²) in [4.78, 5) is 0. The Morgan fingerprint density at radius 1 is 1.50 bits per heavy atom. The van der Waals surface area contributed by atoms with Gasteiger partial charge in [-0.15, -0.1) is 0 Å². The third-order valence-electron chi connectivity index (χ3n) is 0.927. The van der Waals surface area contributed by atoms with Gasteiger partial charge in [0.2, 0.25) is 0 Å². The van der Waals surface area contributed by atoms with Gasteiger partial charge in [-0.2, -0.15) is 0 Å². The van der Waals surface area contributed by atoms with E-state index in [0.29, 0.717) is 0 Å². The molecule has 0 fully saturated rings. The lowest BCUT2D eigenvalue weighted by Gasteiger charge is -2.12. The van der Waals surface area contributed by atoms with E-state index in [1.807, 2.05) is 0 Å². The van der Waals surface area contributed by atoms with Gasteiger partial charge in [0.1, 0.15) is 0 Å². The Kier molecular flexibility index (Phi) is 5.73. The molecule has 8 heavy (non-hydrogen) atoms. The fraction of sp³-hybridized carbons (Fsp3) is 1.00. The summed E-state index contributed by atoms with van der Waals surface area (Å²) in [6, 6.07) is 0. The van der Waals surface area contributed by atoms with Crippen molar-refractivity contribution in [2.75, 3.05) is 19.6 Å². The molecule has 0 aromatic heterocycles. The van der Waals surface area contributed by atoms with Crippen LogP contribution in [0.15, 0.2) is 0 Å². The van der Waals surface area contributed by atoms with Crippen LogP contribution in [0.4, 0.5) is 0 Å². The first kappa shape index (κ1) is 8.35. The van der Waals surface area contributed by atoms with Crippen molar-refractivity contribution in [1.29, 1.82) is 0 Å². The van der Waals surface area contributed by atoms with Crippen LogP contribution in [0.3, 0.4) is 0 Å². The molecule has 50 valence electrons. The van der Waals surface area contributed by atoms with Crippen molar-refractivity contribution < 1.29 is 0 Å². The van der Waals surface area contributed by atoms with Crippen LogP contribution in [0.5, 0.6) is 0 Å². The van der Waals surface area contributed by atoms with Gasteiger partial charge < -0.3 is 5.73 Å². The van der Waals surface area contributed by atoms with E-state index in [1.165, 1.54) is 6.42 Å². The minimum absolute atomic E-state index is 0.753. The molecule has 3 heteroatoms. The quantitative estimate of drug-likeness (QED) is 0.565. The highest BCUT2D eigenvalue weighted by atomic mass is 31.0. The molecule has 0 saturated carbocycles. The maximum absolute atomic E-state index is 5.30. The first-order valence-corrected chi connectivity index (χ1v) is 3.52. The summed E-state index contributed by atoms with van der Waals surface area (Å²) in [6.07, 6.45) is 1.20. The van der Waals surface area contributed by atoms with E-state index in [0.717, 1.165) is 19.6 Å². The fourth-order valence-electron chi connectivity index (χ4n) is 0.565. The van der Waals surface area contributed by atoms with Crippen molar-refractivity contribution >= 4 is 9.39 Å². The zero-order valence-corrected chi connectivity index (χ0v) is 6.59. The molecule has 2 N–H and O–H groups in total. The fourth-order valence-corrected chi connectivity index (χ4v) is 0.972. The van der Waals surface area contributed by atoms with E-state index >= 15 is 0 Å². The van der Waals surface area contributed by atoms with E-state index in [1.54, 1.807) is 0 Å². The van der Waals surface area contributed by atoms with Gasteiger partial charge in [0.05, 0.1) is 0 Å². The van der Waals surface area contributed by atoms with Crippen LogP contribution >= 0.6 is 9.39 Å². The van der Waals surface area contributed by atoms with Gasteiger partial charge in [0, 0.05) is 19.6 Å². The number of rotatable bonds is 4. The minimum Gasteiger partial charge on any atom is -0.329 e. The molecule has 0 heterocycles. The van der Waals surface area contributed by atoms with Crippen LogP contribution in [0.25, 0.3) is 0 Å². The topological polar surface area (TPSA) is 29.3 Å². The lowest BCUT2D eigenvalue weighted by molar-refractivity contribution is 0.478. The smallest absolute Gasteiger partial charge is 0.0139 e. The predicted octanol–water partition coefficient (Wildman–Crippen LogP) is 0.447. The van der Waals surface area contributed by atoms with Gasteiger partial charge in [-0.3, -0.25) is 4.67 Å². The first-order valence-electron chi connectivity index (χ1n) is 3.01. The molecular formula is C5H15N2P. The Morgan fingerprint density at radius 2 is 2.12 bits per heavy atom. The highest BCUT2D eigenvalue weighted by Gasteiger charge is 1.90. The molecule has 2 nitrogen and oxygen atoms in total. The summed E-state index contributed by atoms with van der Waals surface area (Å²) in [7, 11) is 2.65. The molecule has 0 aromatic rings. The molecule has 0 amide bonds. The van der Waals surface area contributed by atoms with Gasteiger partial charge in [-0.05, 0) is 6.42 Å². The van der Waals surface area contributed by atoms with E-state index in [-0.39, 0.29) is 0 Å². The van der Waals surface area contributed by atoms with Crippen molar-refractivity contribution in [3.8, 4) is 0 Å². The second-order valence-corrected chi connectivity index (χ2v) is 2.55. The second-order valence-electron chi connectivity index (χ2n) is 1.82. The second kappa shape index (κ2) is 5.49. The van der Waals surface area contributed by atoms with Gasteiger partial charge in [-0.25, -0.2) is 0 Å². The number of nitrogens with zero attached hydrogens (tertiary/aromatic N) is 1. The maximum Gasteiger partial charge on any atom is 0.0139 e. The van der Waals surface area contributed by atoms with Crippen LogP contribution in [-0.2, 0) is 0 Å². The lowest BCUT2D eigenvalue weighted by Crippen LogP contribution is -2.20. The van der Waals surface area contributed by atoms with Gasteiger partial charge >= 0.3 is 0 Å². The molecule has 1 unspecified atom stereocenters. The van der Waals surface area contributed by atoms with Gasteiger partial charge in [0.25, 0.3) is 0 Å². The molecule has 0 aromatic carbocycles. The Bertz CT molecular complexity index is 43.7. The van der Waals surface area contributed by atoms with Crippen molar-refractivity contribution in [3.63, 3.8) is 0 Å². The number of hydrogen-bond acceptors (Lipinski definition) is 2. The average molecular weight is 134 g/mol. The predicted molar refractivity (Wildman–Crippen MR) is 40.6 cm³/mol. The summed E-state index contributed by atoms with van der Waals surface area (Å²) in [5, 5.41) is 0. The molecule has 0 radical (unpaired) electrons. The Labute approximate surface area is 53.7 Å². The van der Waals surface area contributed by atoms with Crippen molar-refractivity contribution in [2.45, 2.75) is 13.3 Å². The molecular weight excluding hydrogens is 119 g/mol. The molecule has 1 atom stereocenters.